The van der Waals surface area contributed by atoms with Crippen molar-refractivity contribution in [1.29, 1.82) is 0 Å². The summed E-state index contributed by atoms with van der Waals surface area (Å²) in [7, 11) is 0. The summed E-state index contributed by atoms with van der Waals surface area (Å²) in [6.07, 6.45) is 0.176. The molecule has 0 spiro atoms. The summed E-state index contributed by atoms with van der Waals surface area (Å²) in [5.41, 5.74) is -0.830. The second-order valence-electron chi connectivity index (χ2n) is 8.10. The van der Waals surface area contributed by atoms with Crippen molar-refractivity contribution in [3.8, 4) is 0 Å². The molecule has 174 valence electrons. The molecule has 8 nitrogen and oxygen atoms in total. The van der Waals surface area contributed by atoms with Crippen molar-refractivity contribution in [2.24, 2.45) is 0 Å². The van der Waals surface area contributed by atoms with Crippen LogP contribution in [0.15, 0.2) is 30.5 Å². The largest absolute Gasteiger partial charge is 0.391 e. The lowest BCUT2D eigenvalue weighted by Crippen LogP contribution is -2.32. The second kappa shape index (κ2) is 7.54. The molecule has 1 aliphatic heterocycles. The molecule has 0 radical (unpaired) electrons. The van der Waals surface area contributed by atoms with Gasteiger partial charge in [0.1, 0.15) is 23.1 Å². The number of anilines is 2. The fourth-order valence-corrected chi connectivity index (χ4v) is 3.92. The van der Waals surface area contributed by atoms with E-state index in [0.717, 1.165) is 27.6 Å². The van der Waals surface area contributed by atoms with Crippen molar-refractivity contribution in [2.75, 3.05) is 16.8 Å². The molecule has 1 saturated carbocycles. The lowest BCUT2D eigenvalue weighted by molar-refractivity contribution is 0.0221. The minimum absolute atomic E-state index is 0.0608. The molecule has 3 aromatic rings. The average Bonchev–Trinajstić information content (AvgIpc) is 3.20. The summed E-state index contributed by atoms with van der Waals surface area (Å²) >= 11 is 0. The lowest BCUT2D eigenvalue weighted by Gasteiger charge is -2.25. The van der Waals surface area contributed by atoms with E-state index in [4.69, 9.17) is 0 Å². The molecule has 5 rings (SSSR count). The van der Waals surface area contributed by atoms with Crippen molar-refractivity contribution >= 4 is 23.2 Å². The first-order valence-electron chi connectivity index (χ1n) is 10.0. The highest BCUT2D eigenvalue weighted by atomic mass is 19.3. The predicted molar refractivity (Wildman–Crippen MR) is 106 cm³/mol. The molecule has 2 fully saturated rings. The van der Waals surface area contributed by atoms with Crippen molar-refractivity contribution in [2.45, 2.75) is 37.0 Å². The summed E-state index contributed by atoms with van der Waals surface area (Å²) in [4.78, 5) is 17.4. The number of amides is 2. The van der Waals surface area contributed by atoms with Crippen LogP contribution >= 0.6 is 0 Å². The Morgan fingerprint density at radius 2 is 1.97 bits per heavy atom. The number of carbonyl (C=O) groups excluding carboxylic acids is 1. The van der Waals surface area contributed by atoms with Crippen molar-refractivity contribution in [1.82, 2.24) is 19.9 Å². The highest BCUT2D eigenvalue weighted by Gasteiger charge is 2.47. The van der Waals surface area contributed by atoms with Gasteiger partial charge in [-0.1, -0.05) is 0 Å². The molecule has 1 aromatic carbocycles. The van der Waals surface area contributed by atoms with Gasteiger partial charge in [0, 0.05) is 18.2 Å². The smallest absolute Gasteiger partial charge is 0.319 e. The Balaban J connectivity index is 1.50. The fourth-order valence-electron chi connectivity index (χ4n) is 3.92. The van der Waals surface area contributed by atoms with Gasteiger partial charge in [-0.2, -0.15) is 4.39 Å². The van der Waals surface area contributed by atoms with Gasteiger partial charge in [0.2, 0.25) is 0 Å². The Labute approximate surface area is 183 Å². The fraction of sp³-hybridized carbons (Fsp3) is 0.350. The van der Waals surface area contributed by atoms with Gasteiger partial charge >= 0.3 is 6.03 Å². The van der Waals surface area contributed by atoms with Crippen LogP contribution in [0, 0.1) is 17.6 Å². The molecule has 3 heterocycles. The number of carbonyl (C=O) groups is 1. The van der Waals surface area contributed by atoms with Crippen LogP contribution in [0.25, 0.3) is 5.65 Å². The van der Waals surface area contributed by atoms with Gasteiger partial charge in [-0.25, -0.2) is 31.9 Å². The Kier molecular flexibility index (Phi) is 4.88. The van der Waals surface area contributed by atoms with E-state index in [-0.39, 0.29) is 17.0 Å². The number of nitrogens with zero attached hydrogens (tertiary/aromatic N) is 4. The third-order valence-corrected chi connectivity index (χ3v) is 5.62. The highest BCUT2D eigenvalue weighted by Crippen LogP contribution is 2.44. The molecule has 0 bridgehead atoms. The van der Waals surface area contributed by atoms with E-state index in [1.807, 2.05) is 0 Å². The van der Waals surface area contributed by atoms with Gasteiger partial charge < -0.3 is 20.6 Å². The number of fused-ring (bicyclic) bond motifs is 1. The van der Waals surface area contributed by atoms with Gasteiger partial charge in [-0.3, -0.25) is 0 Å². The van der Waals surface area contributed by atoms with E-state index in [1.165, 1.54) is 12.3 Å². The summed E-state index contributed by atoms with van der Waals surface area (Å²) in [5.74, 6) is -5.96. The Bertz CT molecular complexity index is 1250. The van der Waals surface area contributed by atoms with Crippen molar-refractivity contribution in [3.05, 3.63) is 53.6 Å². The van der Waals surface area contributed by atoms with Crippen LogP contribution in [0.1, 0.15) is 24.4 Å². The standard InChI is InChI=1S/C20H17F5N6O2/c21-9-1-2-11(22)10(5-9)13-7-20(24,25)8-30(13)15-3-4-31-18(27-15)16(17(23)29-31)28-19(33)26-12-6-14(12)32/h1-5,12-14,32H,6-8H2,(H2,26,28,33)/t12-,13?,14-/m1/s1. The van der Waals surface area contributed by atoms with Crippen LogP contribution < -0.4 is 15.5 Å². The quantitative estimate of drug-likeness (QED) is 0.512. The van der Waals surface area contributed by atoms with Gasteiger partial charge in [-0.15, -0.1) is 5.10 Å². The molecule has 2 aliphatic rings. The molecule has 3 atom stereocenters. The maximum atomic E-state index is 14.4. The van der Waals surface area contributed by atoms with Gasteiger partial charge in [0.05, 0.1) is 24.7 Å². The van der Waals surface area contributed by atoms with E-state index in [1.54, 1.807) is 0 Å². The Hall–Kier alpha value is -3.48. The van der Waals surface area contributed by atoms with Crippen LogP contribution in [0.4, 0.5) is 38.3 Å². The first-order chi connectivity index (χ1) is 15.6. The number of alkyl halides is 2. The normalized spacial score (nSPS) is 23.7. The Morgan fingerprint density at radius 3 is 2.70 bits per heavy atom. The molecule has 1 unspecified atom stereocenters. The number of urea groups is 1. The first-order valence-corrected chi connectivity index (χ1v) is 10.0. The van der Waals surface area contributed by atoms with Crippen LogP contribution in [-0.4, -0.2) is 50.3 Å². The van der Waals surface area contributed by atoms with Gasteiger partial charge in [0.15, 0.2) is 5.65 Å². The SMILES string of the molecule is O=C(Nc1c(F)nn2ccc(N3CC(F)(F)CC3c3cc(F)ccc3F)nc12)N[C@@H]1C[C@H]1O. The molecule has 1 saturated heterocycles. The molecular formula is C20H17F5N6O2. The maximum Gasteiger partial charge on any atom is 0.319 e. The molecular weight excluding hydrogens is 451 g/mol. The number of nitrogens with one attached hydrogen (secondary N) is 2. The van der Waals surface area contributed by atoms with Gasteiger partial charge in [0.25, 0.3) is 11.9 Å². The van der Waals surface area contributed by atoms with Gasteiger partial charge in [-0.05, 0) is 30.7 Å². The third kappa shape index (κ3) is 4.03. The first kappa shape index (κ1) is 21.4. The van der Waals surface area contributed by atoms with Crippen LogP contribution in [0.5, 0.6) is 0 Å². The van der Waals surface area contributed by atoms with Crippen molar-refractivity contribution in [3.63, 3.8) is 0 Å². The van der Waals surface area contributed by atoms with E-state index in [9.17, 15) is 31.9 Å². The number of hydrogen-bond acceptors (Lipinski definition) is 5. The molecule has 3 N–H and O–H groups in total. The average molecular weight is 468 g/mol. The lowest BCUT2D eigenvalue weighted by atomic mass is 10.0. The van der Waals surface area contributed by atoms with Crippen LogP contribution in [-0.2, 0) is 0 Å². The van der Waals surface area contributed by atoms with Crippen molar-refractivity contribution < 1.29 is 31.9 Å². The zero-order valence-electron chi connectivity index (χ0n) is 16.8. The monoisotopic (exact) mass is 468 g/mol. The third-order valence-electron chi connectivity index (χ3n) is 5.62. The zero-order valence-corrected chi connectivity index (χ0v) is 16.8. The summed E-state index contributed by atoms with van der Waals surface area (Å²) in [6.45, 7) is -0.823. The number of hydrogen-bond donors (Lipinski definition) is 3. The summed E-state index contributed by atoms with van der Waals surface area (Å²) in [6, 6.07) is 1.41. The zero-order chi connectivity index (χ0) is 23.5. The molecule has 2 aromatic heterocycles. The van der Waals surface area contributed by atoms with Crippen LogP contribution in [0.3, 0.4) is 0 Å². The van der Waals surface area contributed by atoms with E-state index >= 15 is 0 Å². The number of aromatic nitrogens is 3. The number of rotatable bonds is 4. The van der Waals surface area contributed by atoms with Crippen LogP contribution in [0.2, 0.25) is 0 Å². The minimum atomic E-state index is -3.21. The molecule has 13 heteroatoms. The molecule has 2 amide bonds. The number of benzene rings is 1. The molecule has 33 heavy (non-hydrogen) atoms. The minimum Gasteiger partial charge on any atom is -0.391 e. The van der Waals surface area contributed by atoms with E-state index in [2.05, 4.69) is 20.7 Å². The summed E-state index contributed by atoms with van der Waals surface area (Å²) in [5, 5.41) is 17.6. The maximum absolute atomic E-state index is 14.4. The summed E-state index contributed by atoms with van der Waals surface area (Å²) < 4.78 is 72.1. The Morgan fingerprint density at radius 1 is 1.21 bits per heavy atom. The predicted octanol–water partition coefficient (Wildman–Crippen LogP) is 2.99. The number of aliphatic hydroxyl groups is 1. The molecule has 1 aliphatic carbocycles. The highest BCUT2D eigenvalue weighted by molar-refractivity contribution is 5.93. The second-order valence-corrected chi connectivity index (χ2v) is 8.10. The van der Waals surface area contributed by atoms with E-state index in [0.29, 0.717) is 6.42 Å². The van der Waals surface area contributed by atoms with E-state index < -0.39 is 66.4 Å². The number of aliphatic hydroxyl groups excluding tert-OH is 1. The topological polar surface area (TPSA) is 94.8 Å². The number of halogens is 5.